The van der Waals surface area contributed by atoms with Crippen molar-refractivity contribution >= 4 is 5.69 Å². The van der Waals surface area contributed by atoms with E-state index >= 15 is 0 Å². The molecule has 21 heavy (non-hydrogen) atoms. The van der Waals surface area contributed by atoms with Gasteiger partial charge in [-0.15, -0.1) is 0 Å². The van der Waals surface area contributed by atoms with Crippen LogP contribution >= 0.6 is 0 Å². The summed E-state index contributed by atoms with van der Waals surface area (Å²) in [6.07, 6.45) is 2.24. The molecule has 1 aliphatic heterocycles. The van der Waals surface area contributed by atoms with Gasteiger partial charge in [0.15, 0.2) is 0 Å². The predicted octanol–water partition coefficient (Wildman–Crippen LogP) is 2.36. The van der Waals surface area contributed by atoms with Gasteiger partial charge in [0, 0.05) is 51.0 Å². The summed E-state index contributed by atoms with van der Waals surface area (Å²) in [4.78, 5) is 7.01. The highest BCUT2D eigenvalue weighted by Gasteiger charge is 2.17. The highest BCUT2D eigenvalue weighted by Crippen LogP contribution is 2.17. The third kappa shape index (κ3) is 3.10. The number of nitrogens with zero attached hydrogens (tertiary/aromatic N) is 3. The lowest BCUT2D eigenvalue weighted by Crippen LogP contribution is -2.25. The van der Waals surface area contributed by atoms with Crippen LogP contribution in [0, 0.1) is 6.92 Å². The second-order valence-corrected chi connectivity index (χ2v) is 5.74. The van der Waals surface area contributed by atoms with Gasteiger partial charge in [-0.2, -0.15) is 0 Å². The zero-order chi connectivity index (χ0) is 14.7. The summed E-state index contributed by atoms with van der Waals surface area (Å²) in [5, 5.41) is 3.39. The summed E-state index contributed by atoms with van der Waals surface area (Å²) in [7, 11) is 2.16. The zero-order valence-electron chi connectivity index (χ0n) is 13.0. The first kappa shape index (κ1) is 14.1. The molecule has 1 aromatic heterocycles. The molecule has 4 heteroatoms. The molecule has 112 valence electrons. The maximum Gasteiger partial charge on any atom is 0.106 e. The van der Waals surface area contributed by atoms with E-state index in [0.717, 1.165) is 44.8 Å². The Morgan fingerprint density at radius 3 is 2.90 bits per heavy atom. The molecule has 3 rings (SSSR count). The number of nitrogens with one attached hydrogen (secondary N) is 1. The number of rotatable bonds is 5. The monoisotopic (exact) mass is 284 g/mol. The Kier molecular flexibility index (Phi) is 4.25. The Morgan fingerprint density at radius 1 is 1.29 bits per heavy atom. The topological polar surface area (TPSA) is 33.1 Å². The van der Waals surface area contributed by atoms with Gasteiger partial charge in [-0.3, -0.25) is 0 Å². The molecule has 2 heterocycles. The largest absolute Gasteiger partial charge is 0.375 e. The second kappa shape index (κ2) is 6.31. The molecule has 0 saturated heterocycles. The Labute approximate surface area is 126 Å². The first-order valence-electron chi connectivity index (χ1n) is 7.77. The van der Waals surface area contributed by atoms with Crippen molar-refractivity contribution in [1.82, 2.24) is 14.9 Å². The van der Waals surface area contributed by atoms with Gasteiger partial charge in [0.1, 0.15) is 5.82 Å². The van der Waals surface area contributed by atoms with E-state index in [4.69, 9.17) is 4.98 Å². The van der Waals surface area contributed by atoms with Crippen LogP contribution < -0.4 is 10.2 Å². The first-order valence-corrected chi connectivity index (χ1v) is 7.77. The number of hydrogen-bond acceptors (Lipinski definition) is 3. The number of para-hydroxylation sites is 1. The van der Waals surface area contributed by atoms with Crippen molar-refractivity contribution < 1.29 is 0 Å². The van der Waals surface area contributed by atoms with E-state index in [0.29, 0.717) is 0 Å². The molecule has 1 aromatic carbocycles. The zero-order valence-corrected chi connectivity index (χ0v) is 13.0. The fourth-order valence-corrected chi connectivity index (χ4v) is 3.08. The molecular weight excluding hydrogens is 260 g/mol. The Bertz CT molecular complexity index is 588. The van der Waals surface area contributed by atoms with Gasteiger partial charge in [-0.25, -0.2) is 4.98 Å². The average Bonchev–Trinajstić information content (AvgIpc) is 2.84. The number of aromatic nitrogens is 2. The number of imidazole rings is 1. The number of aryl methyl sites for hydroxylation is 1. The Balaban J connectivity index is 1.60. The minimum atomic E-state index is 0.924. The summed E-state index contributed by atoms with van der Waals surface area (Å²) in [5.41, 5.74) is 3.97. The fraction of sp³-hybridized carbons (Fsp3) is 0.471. The van der Waals surface area contributed by atoms with Crippen molar-refractivity contribution in [3.63, 3.8) is 0 Å². The van der Waals surface area contributed by atoms with Crippen molar-refractivity contribution in [3.05, 3.63) is 47.5 Å². The number of fused-ring (bicyclic) bond motifs is 1. The van der Waals surface area contributed by atoms with Crippen LogP contribution in [0.4, 0.5) is 5.69 Å². The number of benzene rings is 1. The Hall–Kier alpha value is -1.81. The smallest absolute Gasteiger partial charge is 0.106 e. The van der Waals surface area contributed by atoms with E-state index in [1.165, 1.54) is 17.1 Å². The molecule has 0 amide bonds. The molecule has 4 nitrogen and oxygen atoms in total. The lowest BCUT2D eigenvalue weighted by Gasteiger charge is -2.20. The standard InChI is InChI=1S/C17H24N4/c1-14-19-16-13-18-10-9-17(16)21(14)12-6-11-20(2)15-7-4-3-5-8-15/h3-5,7-8,18H,6,9-13H2,1-2H3. The third-order valence-corrected chi connectivity index (χ3v) is 4.25. The number of hydrogen-bond donors (Lipinski definition) is 1. The summed E-state index contributed by atoms with van der Waals surface area (Å²) >= 11 is 0. The highest BCUT2D eigenvalue weighted by atomic mass is 15.1. The van der Waals surface area contributed by atoms with Crippen molar-refractivity contribution in [2.24, 2.45) is 0 Å². The maximum absolute atomic E-state index is 4.69. The quantitative estimate of drug-likeness (QED) is 0.915. The molecule has 0 bridgehead atoms. The van der Waals surface area contributed by atoms with Crippen molar-refractivity contribution in [2.75, 3.05) is 25.0 Å². The summed E-state index contributed by atoms with van der Waals surface area (Å²) in [5.74, 6) is 1.16. The van der Waals surface area contributed by atoms with Crippen molar-refractivity contribution in [3.8, 4) is 0 Å². The molecule has 0 saturated carbocycles. The van der Waals surface area contributed by atoms with Crippen LogP contribution in [0.2, 0.25) is 0 Å². The van der Waals surface area contributed by atoms with Crippen LogP contribution in [-0.4, -0.2) is 29.7 Å². The van der Waals surface area contributed by atoms with E-state index in [9.17, 15) is 0 Å². The van der Waals surface area contributed by atoms with Crippen LogP contribution in [-0.2, 0) is 19.5 Å². The van der Waals surface area contributed by atoms with Gasteiger partial charge in [-0.1, -0.05) is 18.2 Å². The summed E-state index contributed by atoms with van der Waals surface area (Å²) in [6.45, 7) is 6.24. The van der Waals surface area contributed by atoms with Crippen molar-refractivity contribution in [2.45, 2.75) is 32.9 Å². The molecular formula is C17H24N4. The number of anilines is 1. The molecule has 1 aliphatic rings. The van der Waals surface area contributed by atoms with E-state index in [-0.39, 0.29) is 0 Å². The molecule has 0 atom stereocenters. The Morgan fingerprint density at radius 2 is 2.10 bits per heavy atom. The molecule has 0 unspecified atom stereocenters. The third-order valence-electron chi connectivity index (χ3n) is 4.25. The van der Waals surface area contributed by atoms with E-state index in [2.05, 4.69) is 59.1 Å². The second-order valence-electron chi connectivity index (χ2n) is 5.74. The minimum absolute atomic E-state index is 0.924. The van der Waals surface area contributed by atoms with Crippen LogP contribution in [0.5, 0.6) is 0 Å². The predicted molar refractivity (Wildman–Crippen MR) is 86.7 cm³/mol. The molecule has 0 aliphatic carbocycles. The molecule has 0 fully saturated rings. The van der Waals surface area contributed by atoms with Gasteiger partial charge >= 0.3 is 0 Å². The van der Waals surface area contributed by atoms with Crippen LogP contribution in [0.25, 0.3) is 0 Å². The average molecular weight is 284 g/mol. The van der Waals surface area contributed by atoms with Crippen LogP contribution in [0.1, 0.15) is 23.6 Å². The van der Waals surface area contributed by atoms with Gasteiger partial charge in [0.25, 0.3) is 0 Å². The maximum atomic E-state index is 4.69. The lowest BCUT2D eigenvalue weighted by atomic mass is 10.2. The summed E-state index contributed by atoms with van der Waals surface area (Å²) < 4.78 is 2.41. The van der Waals surface area contributed by atoms with Gasteiger partial charge in [0.2, 0.25) is 0 Å². The SMILES string of the molecule is Cc1nc2c(n1CCCN(C)c1ccccc1)CCNC2. The van der Waals surface area contributed by atoms with Crippen molar-refractivity contribution in [1.29, 1.82) is 0 Å². The van der Waals surface area contributed by atoms with E-state index < -0.39 is 0 Å². The van der Waals surface area contributed by atoms with Crippen LogP contribution in [0.15, 0.2) is 30.3 Å². The van der Waals surface area contributed by atoms with E-state index in [1.807, 2.05) is 0 Å². The van der Waals surface area contributed by atoms with Gasteiger partial charge in [-0.05, 0) is 25.5 Å². The molecule has 0 spiro atoms. The lowest BCUT2D eigenvalue weighted by molar-refractivity contribution is 0.564. The molecule has 0 radical (unpaired) electrons. The summed E-state index contributed by atoms with van der Waals surface area (Å²) in [6, 6.07) is 10.6. The van der Waals surface area contributed by atoms with Crippen LogP contribution in [0.3, 0.4) is 0 Å². The molecule has 2 aromatic rings. The van der Waals surface area contributed by atoms with Gasteiger partial charge in [0.05, 0.1) is 5.69 Å². The normalized spacial score (nSPS) is 14.0. The van der Waals surface area contributed by atoms with E-state index in [1.54, 1.807) is 0 Å². The fourth-order valence-electron chi connectivity index (χ4n) is 3.08. The first-order chi connectivity index (χ1) is 10.3. The minimum Gasteiger partial charge on any atom is -0.375 e. The molecule has 1 N–H and O–H groups in total. The highest BCUT2D eigenvalue weighted by molar-refractivity contribution is 5.44. The van der Waals surface area contributed by atoms with Gasteiger partial charge < -0.3 is 14.8 Å².